The molecule has 0 radical (unpaired) electrons. The Labute approximate surface area is 98.9 Å². The second kappa shape index (κ2) is 7.63. The zero-order valence-corrected chi connectivity index (χ0v) is 11.0. The summed E-state index contributed by atoms with van der Waals surface area (Å²) in [7, 11) is 1.64. The third-order valence-electron chi connectivity index (χ3n) is 2.19. The first-order valence-corrected chi connectivity index (χ1v) is 5.86. The average Bonchev–Trinajstić information content (AvgIpc) is 2.12. The van der Waals surface area contributed by atoms with Gasteiger partial charge in [-0.2, -0.15) is 0 Å². The second-order valence-corrected chi connectivity index (χ2v) is 5.43. The van der Waals surface area contributed by atoms with Crippen LogP contribution in [-0.2, 0) is 9.53 Å². The summed E-state index contributed by atoms with van der Waals surface area (Å²) >= 11 is 0. The van der Waals surface area contributed by atoms with Crippen LogP contribution in [0.25, 0.3) is 0 Å². The highest BCUT2D eigenvalue weighted by Crippen LogP contribution is 2.19. The lowest BCUT2D eigenvalue weighted by Gasteiger charge is -2.23. The lowest BCUT2D eigenvalue weighted by atomic mass is 9.88. The molecule has 0 bridgehead atoms. The van der Waals surface area contributed by atoms with Gasteiger partial charge >= 0.3 is 0 Å². The molecule has 0 spiro atoms. The third kappa shape index (κ3) is 9.93. The maximum Gasteiger partial charge on any atom is 0.220 e. The summed E-state index contributed by atoms with van der Waals surface area (Å²) in [6, 6.07) is 0.0337. The number of methoxy groups -OCH3 is 1. The van der Waals surface area contributed by atoms with Gasteiger partial charge in [-0.15, -0.1) is 0 Å². The normalized spacial score (nSPS) is 13.6. The van der Waals surface area contributed by atoms with Crippen LogP contribution >= 0.6 is 0 Å². The maximum atomic E-state index is 11.4. The Kier molecular flexibility index (Phi) is 7.34. The van der Waals surface area contributed by atoms with E-state index in [1.807, 2.05) is 0 Å². The number of ether oxygens (including phenoxy) is 1. The van der Waals surface area contributed by atoms with E-state index in [0.29, 0.717) is 19.6 Å². The van der Waals surface area contributed by atoms with E-state index in [1.165, 1.54) is 0 Å². The van der Waals surface area contributed by atoms with Gasteiger partial charge in [-0.3, -0.25) is 4.79 Å². The van der Waals surface area contributed by atoms with E-state index in [1.54, 1.807) is 7.11 Å². The van der Waals surface area contributed by atoms with Gasteiger partial charge in [0.05, 0.1) is 0 Å². The van der Waals surface area contributed by atoms with Crippen LogP contribution in [0.3, 0.4) is 0 Å². The minimum absolute atomic E-state index is 0.0337. The first-order chi connectivity index (χ1) is 7.35. The minimum atomic E-state index is 0.0337. The minimum Gasteiger partial charge on any atom is -0.385 e. The highest BCUT2D eigenvalue weighted by atomic mass is 16.5. The first-order valence-electron chi connectivity index (χ1n) is 5.86. The van der Waals surface area contributed by atoms with Gasteiger partial charge in [-0.1, -0.05) is 20.8 Å². The van der Waals surface area contributed by atoms with E-state index < -0.39 is 0 Å². The molecule has 0 rings (SSSR count). The summed E-state index contributed by atoms with van der Waals surface area (Å²) in [5.41, 5.74) is 6.13. The molecule has 16 heavy (non-hydrogen) atoms. The van der Waals surface area contributed by atoms with Gasteiger partial charge in [-0.25, -0.2) is 0 Å². The number of hydrogen-bond acceptors (Lipinski definition) is 3. The van der Waals surface area contributed by atoms with Gasteiger partial charge in [0.25, 0.3) is 0 Å². The van der Waals surface area contributed by atoms with Gasteiger partial charge in [0.1, 0.15) is 0 Å². The average molecular weight is 230 g/mol. The predicted octanol–water partition coefficient (Wildman–Crippen LogP) is 1.29. The van der Waals surface area contributed by atoms with Crippen molar-refractivity contribution in [3.05, 3.63) is 0 Å². The molecule has 0 aromatic rings. The lowest BCUT2D eigenvalue weighted by molar-refractivity contribution is -0.121. The fourth-order valence-electron chi connectivity index (χ4n) is 1.57. The molecule has 1 unspecified atom stereocenters. The zero-order valence-electron chi connectivity index (χ0n) is 11.0. The van der Waals surface area contributed by atoms with Crippen LogP contribution in [0.1, 0.15) is 40.0 Å². The zero-order chi connectivity index (χ0) is 12.6. The Morgan fingerprint density at radius 2 is 2.06 bits per heavy atom. The predicted molar refractivity (Wildman–Crippen MR) is 66.2 cm³/mol. The molecule has 0 aliphatic rings. The summed E-state index contributed by atoms with van der Waals surface area (Å²) in [6.45, 7) is 7.62. The largest absolute Gasteiger partial charge is 0.385 e. The Hall–Kier alpha value is -0.610. The van der Waals surface area contributed by atoms with Gasteiger partial charge in [0.2, 0.25) is 5.91 Å². The molecule has 0 aromatic carbocycles. The third-order valence-corrected chi connectivity index (χ3v) is 2.19. The molecule has 1 atom stereocenters. The topological polar surface area (TPSA) is 64.3 Å². The van der Waals surface area contributed by atoms with Gasteiger partial charge < -0.3 is 15.8 Å². The van der Waals surface area contributed by atoms with Crippen LogP contribution < -0.4 is 11.1 Å². The van der Waals surface area contributed by atoms with Gasteiger partial charge in [0, 0.05) is 32.7 Å². The van der Waals surface area contributed by atoms with E-state index >= 15 is 0 Å². The Morgan fingerprint density at radius 1 is 1.44 bits per heavy atom. The van der Waals surface area contributed by atoms with Crippen molar-refractivity contribution >= 4 is 5.91 Å². The fraction of sp³-hybridized carbons (Fsp3) is 0.917. The highest BCUT2D eigenvalue weighted by Gasteiger charge is 2.15. The second-order valence-electron chi connectivity index (χ2n) is 5.43. The number of carbonyl (C=O) groups excluding carboxylic acids is 1. The van der Waals surface area contributed by atoms with Crippen molar-refractivity contribution < 1.29 is 9.53 Å². The Morgan fingerprint density at radius 3 is 2.56 bits per heavy atom. The summed E-state index contributed by atoms with van der Waals surface area (Å²) in [6.07, 6.45) is 2.18. The van der Waals surface area contributed by atoms with Crippen LogP contribution in [0.2, 0.25) is 0 Å². The first kappa shape index (κ1) is 15.4. The van der Waals surface area contributed by atoms with Crippen molar-refractivity contribution in [2.24, 2.45) is 11.1 Å². The Balaban J connectivity index is 3.59. The van der Waals surface area contributed by atoms with E-state index in [2.05, 4.69) is 26.1 Å². The van der Waals surface area contributed by atoms with Crippen molar-refractivity contribution in [2.45, 2.75) is 46.1 Å². The number of hydrogen-bond donors (Lipinski definition) is 2. The van der Waals surface area contributed by atoms with Crippen LogP contribution in [0, 0.1) is 5.41 Å². The smallest absolute Gasteiger partial charge is 0.220 e. The summed E-state index contributed by atoms with van der Waals surface area (Å²) in [5.74, 6) is 0.0569. The number of nitrogens with two attached hydrogens (primary N) is 1. The number of carbonyl (C=O) groups is 1. The Bertz CT molecular complexity index is 200. The van der Waals surface area contributed by atoms with Gasteiger partial charge in [0.15, 0.2) is 0 Å². The molecule has 0 saturated carbocycles. The molecule has 0 aliphatic carbocycles. The maximum absolute atomic E-state index is 11.4. The summed E-state index contributed by atoms with van der Waals surface area (Å²) in [5, 5.41) is 2.84. The number of amides is 1. The van der Waals surface area contributed by atoms with Crippen molar-refractivity contribution in [3.8, 4) is 0 Å². The molecule has 4 heteroatoms. The van der Waals surface area contributed by atoms with E-state index in [9.17, 15) is 4.79 Å². The monoisotopic (exact) mass is 230 g/mol. The van der Waals surface area contributed by atoms with Crippen LogP contribution in [0.4, 0.5) is 0 Å². The molecule has 1 amide bonds. The quantitative estimate of drug-likeness (QED) is 0.648. The van der Waals surface area contributed by atoms with Crippen molar-refractivity contribution in [3.63, 3.8) is 0 Å². The molecule has 0 fully saturated rings. The molecule has 0 saturated heterocycles. The van der Waals surface area contributed by atoms with Gasteiger partial charge in [-0.05, 0) is 18.3 Å². The van der Waals surface area contributed by atoms with Crippen molar-refractivity contribution in [1.29, 1.82) is 0 Å². The van der Waals surface area contributed by atoms with E-state index in [4.69, 9.17) is 10.5 Å². The van der Waals surface area contributed by atoms with Crippen molar-refractivity contribution in [1.82, 2.24) is 5.32 Å². The molecule has 4 nitrogen and oxygen atoms in total. The lowest BCUT2D eigenvalue weighted by Crippen LogP contribution is -2.39. The number of nitrogens with one attached hydrogen (secondary N) is 1. The van der Waals surface area contributed by atoms with Crippen LogP contribution in [-0.4, -0.2) is 32.2 Å². The SMILES string of the molecule is COCCCC(=O)NCC(N)CC(C)(C)C. The van der Waals surface area contributed by atoms with Crippen LogP contribution in [0.5, 0.6) is 0 Å². The van der Waals surface area contributed by atoms with E-state index in [-0.39, 0.29) is 17.4 Å². The summed E-state index contributed by atoms with van der Waals surface area (Å²) in [4.78, 5) is 11.4. The number of rotatable bonds is 7. The fourth-order valence-corrected chi connectivity index (χ4v) is 1.57. The molecule has 96 valence electrons. The van der Waals surface area contributed by atoms with Crippen LogP contribution in [0.15, 0.2) is 0 Å². The van der Waals surface area contributed by atoms with E-state index in [0.717, 1.165) is 12.8 Å². The standard InChI is InChI=1S/C12H26N2O2/c1-12(2,3)8-10(13)9-14-11(15)6-5-7-16-4/h10H,5-9,13H2,1-4H3,(H,14,15). The molecule has 0 aliphatic heterocycles. The molecule has 0 heterocycles. The molecular weight excluding hydrogens is 204 g/mol. The van der Waals surface area contributed by atoms with Crippen molar-refractivity contribution in [2.75, 3.05) is 20.3 Å². The summed E-state index contributed by atoms with van der Waals surface area (Å²) < 4.78 is 4.88. The molecular formula is C12H26N2O2. The molecule has 0 aromatic heterocycles. The highest BCUT2D eigenvalue weighted by molar-refractivity contribution is 5.75. The molecule has 3 N–H and O–H groups in total.